The lowest BCUT2D eigenvalue weighted by atomic mass is 10.2. The fourth-order valence-electron chi connectivity index (χ4n) is 2.88. The maximum Gasteiger partial charge on any atom is 0.267 e. The number of benzene rings is 2. The number of nitrogens with zero attached hydrogens (tertiary/aromatic N) is 3. The number of anilines is 1. The Kier molecular flexibility index (Phi) is 5.83. The zero-order chi connectivity index (χ0) is 21.1. The molecule has 0 radical (unpaired) electrons. The number of carbonyl (C=O) groups excluding carboxylic acids is 1. The average Bonchev–Trinajstić information content (AvgIpc) is 2.75. The molecular formula is C22H17ClN4O2S. The minimum absolute atomic E-state index is 0.0574. The Balaban J connectivity index is 1.68. The van der Waals surface area contributed by atoms with Crippen molar-refractivity contribution >= 4 is 45.9 Å². The van der Waals surface area contributed by atoms with Gasteiger partial charge >= 0.3 is 0 Å². The van der Waals surface area contributed by atoms with Crippen molar-refractivity contribution in [2.75, 3.05) is 11.1 Å². The lowest BCUT2D eigenvalue weighted by molar-refractivity contribution is -0.113. The van der Waals surface area contributed by atoms with Crippen LogP contribution in [0.3, 0.4) is 0 Å². The first kappa shape index (κ1) is 20.1. The number of carbonyl (C=O) groups is 1. The summed E-state index contributed by atoms with van der Waals surface area (Å²) in [5.41, 5.74) is 1.86. The second-order valence-corrected chi connectivity index (χ2v) is 7.91. The summed E-state index contributed by atoms with van der Waals surface area (Å²) < 4.78 is 1.44. The second-order valence-electron chi connectivity index (χ2n) is 6.56. The van der Waals surface area contributed by atoms with Gasteiger partial charge in [-0.05, 0) is 42.8 Å². The molecule has 8 heteroatoms. The highest BCUT2D eigenvalue weighted by molar-refractivity contribution is 7.99. The lowest BCUT2D eigenvalue weighted by Crippen LogP contribution is -2.23. The third-order valence-electron chi connectivity index (χ3n) is 4.35. The Morgan fingerprint density at radius 1 is 1.10 bits per heavy atom. The molecular weight excluding hydrogens is 420 g/mol. The highest BCUT2D eigenvalue weighted by Gasteiger charge is 2.16. The third-order valence-corrected chi connectivity index (χ3v) is 5.62. The smallest absolute Gasteiger partial charge is 0.267 e. The zero-order valence-electron chi connectivity index (χ0n) is 16.0. The van der Waals surface area contributed by atoms with Gasteiger partial charge in [-0.3, -0.25) is 9.59 Å². The average molecular weight is 437 g/mol. The molecule has 150 valence electrons. The molecule has 30 heavy (non-hydrogen) atoms. The van der Waals surface area contributed by atoms with E-state index in [1.807, 2.05) is 19.1 Å². The summed E-state index contributed by atoms with van der Waals surface area (Å²) >= 11 is 7.27. The van der Waals surface area contributed by atoms with Gasteiger partial charge in [-0.25, -0.2) is 14.5 Å². The standard InChI is InChI=1S/C22H17ClN4O2S/c1-14-10-11-19(24-12-14)27-21(29)15-6-2-4-8-17(15)26-22(27)30-13-20(28)25-18-9-5-3-7-16(18)23/h2-12H,13H2,1H3,(H,25,28). The van der Waals surface area contributed by atoms with E-state index in [4.69, 9.17) is 11.6 Å². The summed E-state index contributed by atoms with van der Waals surface area (Å²) in [6.07, 6.45) is 1.69. The molecule has 2 aromatic carbocycles. The molecule has 0 saturated carbocycles. The van der Waals surface area contributed by atoms with Crippen molar-refractivity contribution in [3.05, 3.63) is 87.8 Å². The van der Waals surface area contributed by atoms with E-state index < -0.39 is 0 Å². The Morgan fingerprint density at radius 3 is 2.63 bits per heavy atom. The highest BCUT2D eigenvalue weighted by Crippen LogP contribution is 2.23. The van der Waals surface area contributed by atoms with Crippen molar-refractivity contribution in [2.24, 2.45) is 0 Å². The number of hydrogen-bond donors (Lipinski definition) is 1. The number of rotatable bonds is 5. The second kappa shape index (κ2) is 8.69. The molecule has 0 unspecified atom stereocenters. The van der Waals surface area contributed by atoms with Crippen LogP contribution >= 0.6 is 23.4 Å². The fourth-order valence-corrected chi connectivity index (χ4v) is 3.87. The van der Waals surface area contributed by atoms with Crippen LogP contribution in [0.5, 0.6) is 0 Å². The molecule has 0 atom stereocenters. The van der Waals surface area contributed by atoms with E-state index >= 15 is 0 Å². The van der Waals surface area contributed by atoms with Gasteiger partial charge in [0.05, 0.1) is 27.4 Å². The summed E-state index contributed by atoms with van der Waals surface area (Å²) in [6.45, 7) is 1.92. The number of thioether (sulfide) groups is 1. The summed E-state index contributed by atoms with van der Waals surface area (Å²) in [7, 11) is 0. The van der Waals surface area contributed by atoms with Gasteiger partial charge in [-0.2, -0.15) is 0 Å². The Hall–Kier alpha value is -3.16. The van der Waals surface area contributed by atoms with E-state index in [1.165, 1.54) is 16.3 Å². The predicted molar refractivity (Wildman–Crippen MR) is 121 cm³/mol. The van der Waals surface area contributed by atoms with Crippen molar-refractivity contribution in [3.8, 4) is 5.82 Å². The first-order valence-corrected chi connectivity index (χ1v) is 10.5. The van der Waals surface area contributed by atoms with E-state index in [9.17, 15) is 9.59 Å². The highest BCUT2D eigenvalue weighted by atomic mass is 35.5. The van der Waals surface area contributed by atoms with Crippen LogP contribution in [0.25, 0.3) is 16.7 Å². The molecule has 0 aliphatic rings. The van der Waals surface area contributed by atoms with Crippen LogP contribution < -0.4 is 10.9 Å². The van der Waals surface area contributed by atoms with E-state index in [1.54, 1.807) is 54.7 Å². The summed E-state index contributed by atoms with van der Waals surface area (Å²) in [6, 6.07) is 17.8. The Bertz CT molecular complexity index is 1290. The maximum atomic E-state index is 13.2. The molecule has 0 aliphatic carbocycles. The van der Waals surface area contributed by atoms with Crippen molar-refractivity contribution in [3.63, 3.8) is 0 Å². The monoisotopic (exact) mass is 436 g/mol. The number of aromatic nitrogens is 3. The number of aryl methyl sites for hydroxylation is 1. The Morgan fingerprint density at radius 2 is 1.87 bits per heavy atom. The molecule has 0 aliphatic heterocycles. The third kappa shape index (κ3) is 4.22. The van der Waals surface area contributed by atoms with Gasteiger partial charge in [0.2, 0.25) is 5.91 Å². The SMILES string of the molecule is Cc1ccc(-n2c(SCC(=O)Nc3ccccc3Cl)nc3ccccc3c2=O)nc1. The summed E-state index contributed by atoms with van der Waals surface area (Å²) in [5, 5.41) is 4.12. The number of pyridine rings is 1. The number of halogens is 1. The molecule has 0 bridgehead atoms. The van der Waals surface area contributed by atoms with Gasteiger partial charge in [-0.15, -0.1) is 0 Å². The molecule has 0 saturated heterocycles. The van der Waals surface area contributed by atoms with Crippen LogP contribution in [-0.4, -0.2) is 26.2 Å². The van der Waals surface area contributed by atoms with Gasteiger partial charge < -0.3 is 5.32 Å². The minimum atomic E-state index is -0.251. The number of fused-ring (bicyclic) bond motifs is 1. The van der Waals surface area contributed by atoms with Gasteiger partial charge in [-0.1, -0.05) is 53.7 Å². The molecule has 6 nitrogen and oxygen atoms in total. The van der Waals surface area contributed by atoms with Crippen LogP contribution in [-0.2, 0) is 4.79 Å². The van der Waals surface area contributed by atoms with Crippen LogP contribution in [0.2, 0.25) is 5.02 Å². The number of para-hydroxylation sites is 2. The molecule has 2 aromatic heterocycles. The van der Waals surface area contributed by atoms with Gasteiger partial charge in [0.1, 0.15) is 5.82 Å². The fraction of sp³-hybridized carbons (Fsp3) is 0.0909. The van der Waals surface area contributed by atoms with E-state index in [-0.39, 0.29) is 17.2 Å². The zero-order valence-corrected chi connectivity index (χ0v) is 17.6. The molecule has 4 rings (SSSR count). The van der Waals surface area contributed by atoms with E-state index in [0.29, 0.717) is 32.6 Å². The van der Waals surface area contributed by atoms with Crippen molar-refractivity contribution < 1.29 is 4.79 Å². The first-order valence-electron chi connectivity index (χ1n) is 9.15. The van der Waals surface area contributed by atoms with Crippen LogP contribution in [0.4, 0.5) is 5.69 Å². The van der Waals surface area contributed by atoms with Gasteiger partial charge in [0.25, 0.3) is 5.56 Å². The number of hydrogen-bond acceptors (Lipinski definition) is 5. The molecule has 4 aromatic rings. The number of nitrogens with one attached hydrogen (secondary N) is 1. The molecule has 0 spiro atoms. The normalized spacial score (nSPS) is 10.9. The van der Waals surface area contributed by atoms with Crippen molar-refractivity contribution in [1.29, 1.82) is 0 Å². The van der Waals surface area contributed by atoms with Crippen LogP contribution in [0.15, 0.2) is 76.8 Å². The largest absolute Gasteiger partial charge is 0.324 e. The minimum Gasteiger partial charge on any atom is -0.324 e. The van der Waals surface area contributed by atoms with Crippen LogP contribution in [0, 0.1) is 6.92 Å². The first-order chi connectivity index (χ1) is 14.5. The summed E-state index contributed by atoms with van der Waals surface area (Å²) in [5.74, 6) is 0.263. The molecule has 1 amide bonds. The van der Waals surface area contributed by atoms with Crippen LogP contribution in [0.1, 0.15) is 5.56 Å². The van der Waals surface area contributed by atoms with Gasteiger partial charge in [0.15, 0.2) is 5.16 Å². The topological polar surface area (TPSA) is 76.9 Å². The predicted octanol–water partition coefficient (Wildman–Crippen LogP) is 4.47. The number of amides is 1. The Labute approximate surface area is 181 Å². The van der Waals surface area contributed by atoms with Crippen molar-refractivity contribution in [2.45, 2.75) is 12.1 Å². The molecule has 1 N–H and O–H groups in total. The quantitative estimate of drug-likeness (QED) is 0.369. The molecule has 2 heterocycles. The van der Waals surface area contributed by atoms with E-state index in [2.05, 4.69) is 15.3 Å². The van der Waals surface area contributed by atoms with Crippen molar-refractivity contribution in [1.82, 2.24) is 14.5 Å². The lowest BCUT2D eigenvalue weighted by Gasteiger charge is -2.13. The maximum absolute atomic E-state index is 13.2. The summed E-state index contributed by atoms with van der Waals surface area (Å²) in [4.78, 5) is 34.6. The van der Waals surface area contributed by atoms with E-state index in [0.717, 1.165) is 5.56 Å². The van der Waals surface area contributed by atoms with Gasteiger partial charge in [0, 0.05) is 6.20 Å². The molecule has 0 fully saturated rings.